The fourth-order valence-corrected chi connectivity index (χ4v) is 4.48. The number of aromatic nitrogens is 1. The molecule has 0 radical (unpaired) electrons. The van der Waals surface area contributed by atoms with Crippen LogP contribution in [0.15, 0.2) is 91.1 Å². The normalized spacial score (nSPS) is 14.7. The highest BCUT2D eigenvalue weighted by Crippen LogP contribution is 2.33. The van der Waals surface area contributed by atoms with E-state index in [0.29, 0.717) is 34.6 Å². The maximum Gasteiger partial charge on any atom is 0.416 e. The number of pyridine rings is 1. The van der Waals surface area contributed by atoms with Crippen LogP contribution in [-0.2, 0) is 23.9 Å². The molecule has 1 atom stereocenters. The summed E-state index contributed by atoms with van der Waals surface area (Å²) >= 11 is 0. The predicted octanol–water partition coefficient (Wildman–Crippen LogP) is 5.98. The molecule has 1 aromatic heterocycles. The van der Waals surface area contributed by atoms with Gasteiger partial charge in [-0.1, -0.05) is 42.5 Å². The Morgan fingerprint density at radius 2 is 1.70 bits per heavy atom. The molecule has 1 aliphatic rings. The van der Waals surface area contributed by atoms with Gasteiger partial charge in [-0.2, -0.15) is 13.2 Å². The minimum absolute atomic E-state index is 0.0136. The molecule has 5 nitrogen and oxygen atoms in total. The number of nitrogens with zero attached hydrogens (tertiary/aromatic N) is 1. The summed E-state index contributed by atoms with van der Waals surface area (Å²) in [4.78, 5) is 30.2. The van der Waals surface area contributed by atoms with Crippen LogP contribution in [0.3, 0.4) is 0 Å². The molecule has 8 heteroatoms. The second kappa shape index (κ2) is 9.99. The largest absolute Gasteiger partial charge is 0.416 e. The van der Waals surface area contributed by atoms with E-state index in [-0.39, 0.29) is 18.1 Å². The first kappa shape index (κ1) is 24.4. The van der Waals surface area contributed by atoms with E-state index in [1.54, 1.807) is 42.6 Å². The molecule has 0 bridgehead atoms. The quantitative estimate of drug-likeness (QED) is 0.341. The monoisotopic (exact) mass is 501 g/mol. The van der Waals surface area contributed by atoms with Crippen molar-refractivity contribution in [2.75, 3.05) is 5.32 Å². The van der Waals surface area contributed by atoms with Crippen molar-refractivity contribution in [1.29, 1.82) is 0 Å². The van der Waals surface area contributed by atoms with Gasteiger partial charge in [0.05, 0.1) is 18.0 Å². The van der Waals surface area contributed by atoms with Crippen molar-refractivity contribution in [3.05, 3.63) is 119 Å². The maximum absolute atomic E-state index is 13.1. The number of nitrogens with one attached hydrogen (secondary N) is 2. The molecule has 0 aliphatic carbocycles. The van der Waals surface area contributed by atoms with Crippen LogP contribution in [0, 0.1) is 0 Å². The van der Waals surface area contributed by atoms with E-state index in [2.05, 4.69) is 15.6 Å². The summed E-state index contributed by atoms with van der Waals surface area (Å²) < 4.78 is 38.8. The second-order valence-corrected chi connectivity index (χ2v) is 8.77. The Hall–Kier alpha value is -4.30. The first-order valence-corrected chi connectivity index (χ1v) is 11.7. The Labute approximate surface area is 211 Å². The molecule has 0 saturated carbocycles. The number of Topliss-reactive ketones (excluding diaryl/α,β-unsaturated/α-hetero) is 1. The number of anilines is 1. The number of carbonyl (C=O) groups is 2. The third-order valence-electron chi connectivity index (χ3n) is 6.31. The zero-order chi connectivity index (χ0) is 26.0. The van der Waals surface area contributed by atoms with E-state index in [4.69, 9.17) is 0 Å². The molecule has 4 aromatic rings. The molecule has 186 valence electrons. The molecule has 3 aromatic carbocycles. The number of hydrogen-bond acceptors (Lipinski definition) is 4. The van der Waals surface area contributed by atoms with E-state index in [9.17, 15) is 22.8 Å². The van der Waals surface area contributed by atoms with E-state index in [0.717, 1.165) is 23.3 Å². The van der Waals surface area contributed by atoms with Crippen molar-refractivity contribution >= 4 is 17.4 Å². The fraction of sp³-hybridized carbons (Fsp3) is 0.138. The number of hydrogen-bond donors (Lipinski definition) is 2. The molecular formula is C29H22F3N3O2. The van der Waals surface area contributed by atoms with Crippen molar-refractivity contribution < 1.29 is 22.8 Å². The molecule has 2 N–H and O–H groups in total. The number of rotatable bonds is 6. The molecule has 0 fully saturated rings. The van der Waals surface area contributed by atoms with Crippen LogP contribution in [0.25, 0.3) is 11.1 Å². The van der Waals surface area contributed by atoms with Gasteiger partial charge in [0, 0.05) is 29.7 Å². The third-order valence-corrected chi connectivity index (χ3v) is 6.31. The molecule has 0 spiro atoms. The Morgan fingerprint density at radius 1 is 0.946 bits per heavy atom. The average molecular weight is 502 g/mol. The molecule has 1 aliphatic heterocycles. The summed E-state index contributed by atoms with van der Waals surface area (Å²) in [5.74, 6) is -0.371. The Morgan fingerprint density at radius 3 is 2.43 bits per heavy atom. The van der Waals surface area contributed by atoms with Gasteiger partial charge in [-0.15, -0.1) is 0 Å². The topological polar surface area (TPSA) is 71.1 Å². The minimum atomic E-state index is -4.43. The fourth-order valence-electron chi connectivity index (χ4n) is 4.48. The number of carbonyl (C=O) groups excluding carboxylic acids is 2. The van der Waals surface area contributed by atoms with E-state index < -0.39 is 17.8 Å². The molecule has 1 amide bonds. The van der Waals surface area contributed by atoms with Gasteiger partial charge in [0.25, 0.3) is 5.91 Å². The summed E-state index contributed by atoms with van der Waals surface area (Å²) in [6.07, 6.45) is -2.56. The zero-order valence-corrected chi connectivity index (χ0v) is 19.5. The van der Waals surface area contributed by atoms with Crippen LogP contribution < -0.4 is 10.6 Å². The van der Waals surface area contributed by atoms with Gasteiger partial charge in [-0.05, 0) is 64.7 Å². The number of ketones is 1. The zero-order valence-electron chi connectivity index (χ0n) is 19.5. The van der Waals surface area contributed by atoms with Crippen LogP contribution in [0.2, 0.25) is 0 Å². The van der Waals surface area contributed by atoms with Gasteiger partial charge in [-0.3, -0.25) is 19.9 Å². The number of benzene rings is 3. The summed E-state index contributed by atoms with van der Waals surface area (Å²) in [7, 11) is 0. The van der Waals surface area contributed by atoms with Crippen LogP contribution in [0.4, 0.5) is 18.9 Å². The van der Waals surface area contributed by atoms with Gasteiger partial charge in [0.1, 0.15) is 0 Å². The summed E-state index contributed by atoms with van der Waals surface area (Å²) in [5, 5.41) is 6.11. The average Bonchev–Trinajstić information content (AvgIpc) is 3.32. The molecular weight excluding hydrogens is 479 g/mol. The summed E-state index contributed by atoms with van der Waals surface area (Å²) in [5.41, 5.74) is 3.66. The van der Waals surface area contributed by atoms with Gasteiger partial charge in [-0.25, -0.2) is 0 Å². The lowest BCUT2D eigenvalue weighted by Gasteiger charge is -2.13. The molecule has 5 rings (SSSR count). The lowest BCUT2D eigenvalue weighted by atomic mass is 9.97. The first-order valence-electron chi connectivity index (χ1n) is 11.7. The highest BCUT2D eigenvalue weighted by molar-refractivity contribution is 6.08. The van der Waals surface area contributed by atoms with Gasteiger partial charge < -0.3 is 5.32 Å². The van der Waals surface area contributed by atoms with E-state index >= 15 is 0 Å². The maximum atomic E-state index is 13.1. The summed E-state index contributed by atoms with van der Waals surface area (Å²) in [6.45, 7) is 0.486. The smallest absolute Gasteiger partial charge is 0.322 e. The third kappa shape index (κ3) is 5.29. The van der Waals surface area contributed by atoms with Gasteiger partial charge in [0.15, 0.2) is 5.78 Å². The lowest BCUT2D eigenvalue weighted by molar-refractivity contribution is -0.137. The Balaban J connectivity index is 1.32. The highest BCUT2D eigenvalue weighted by Gasteiger charge is 2.30. The second-order valence-electron chi connectivity index (χ2n) is 8.77. The SMILES string of the molecule is O=C(Nc1ccc2c(c1)CNC2C(=O)Cc1ccccn1)c1ccccc1-c1ccc(C(F)(F)F)cc1. The standard InChI is InChI=1S/C29H22F3N3O2/c30-29(31,32)20-10-8-18(9-11-20)23-6-1-2-7-25(23)28(37)35-22-12-13-24-19(15-22)17-34-27(24)26(36)16-21-5-3-4-14-33-21/h1-15,27,34H,16-17H2,(H,35,37). The van der Waals surface area contributed by atoms with Gasteiger partial charge in [0.2, 0.25) is 0 Å². The highest BCUT2D eigenvalue weighted by atomic mass is 19.4. The molecule has 37 heavy (non-hydrogen) atoms. The van der Waals surface area contributed by atoms with Crippen molar-refractivity contribution in [1.82, 2.24) is 10.3 Å². The number of alkyl halides is 3. The van der Waals surface area contributed by atoms with Crippen LogP contribution in [-0.4, -0.2) is 16.7 Å². The molecule has 1 unspecified atom stereocenters. The Kier molecular flexibility index (Phi) is 6.58. The first-order chi connectivity index (χ1) is 17.8. The van der Waals surface area contributed by atoms with Crippen molar-refractivity contribution in [2.24, 2.45) is 0 Å². The number of fused-ring (bicyclic) bond motifs is 1. The van der Waals surface area contributed by atoms with E-state index in [1.165, 1.54) is 12.1 Å². The van der Waals surface area contributed by atoms with Crippen molar-refractivity contribution in [3.8, 4) is 11.1 Å². The Bertz CT molecular complexity index is 1450. The van der Waals surface area contributed by atoms with Crippen molar-refractivity contribution in [3.63, 3.8) is 0 Å². The summed E-state index contributed by atoms with van der Waals surface area (Å²) in [6, 6.07) is 21.9. The van der Waals surface area contributed by atoms with Crippen LogP contribution in [0.5, 0.6) is 0 Å². The molecule has 2 heterocycles. The lowest BCUT2D eigenvalue weighted by Crippen LogP contribution is -2.23. The van der Waals surface area contributed by atoms with E-state index in [1.807, 2.05) is 24.3 Å². The van der Waals surface area contributed by atoms with Crippen LogP contribution >= 0.6 is 0 Å². The predicted molar refractivity (Wildman–Crippen MR) is 134 cm³/mol. The minimum Gasteiger partial charge on any atom is -0.322 e. The molecule has 0 saturated heterocycles. The number of amides is 1. The number of halogens is 3. The van der Waals surface area contributed by atoms with Crippen LogP contribution in [0.1, 0.15) is 38.8 Å². The van der Waals surface area contributed by atoms with Crippen molar-refractivity contribution in [2.45, 2.75) is 25.2 Å². The van der Waals surface area contributed by atoms with Gasteiger partial charge >= 0.3 is 6.18 Å².